The molecule has 0 radical (unpaired) electrons. The van der Waals surface area contributed by atoms with Gasteiger partial charge in [-0.3, -0.25) is 4.98 Å². The van der Waals surface area contributed by atoms with Crippen LogP contribution in [0.3, 0.4) is 0 Å². The first-order valence-corrected chi connectivity index (χ1v) is 7.13. The molecule has 2 aromatic heterocycles. The third-order valence-corrected chi connectivity index (χ3v) is 3.23. The molecule has 0 bridgehead atoms. The maximum atomic E-state index is 13.7. The van der Waals surface area contributed by atoms with Crippen molar-refractivity contribution in [2.75, 3.05) is 5.32 Å². The Hall–Kier alpha value is -3.16. The second-order valence-corrected chi connectivity index (χ2v) is 5.00. The van der Waals surface area contributed by atoms with Gasteiger partial charge in [0.05, 0.1) is 0 Å². The molecule has 4 nitrogen and oxygen atoms in total. The summed E-state index contributed by atoms with van der Waals surface area (Å²) in [7, 11) is 0. The monoisotopic (exact) mass is 349 g/mol. The zero-order valence-corrected chi connectivity index (χ0v) is 12.6. The number of pyridine rings is 2. The highest BCUT2D eigenvalue weighted by molar-refractivity contribution is 5.62. The van der Waals surface area contributed by atoms with E-state index >= 15 is 0 Å². The van der Waals surface area contributed by atoms with E-state index in [2.05, 4.69) is 15.3 Å². The van der Waals surface area contributed by atoms with E-state index in [4.69, 9.17) is 4.74 Å². The van der Waals surface area contributed by atoms with Gasteiger partial charge in [0.25, 0.3) is 11.9 Å². The average molecular weight is 349 g/mol. The molecule has 0 saturated heterocycles. The molecule has 0 unspecified atom stereocenters. The fourth-order valence-corrected chi connectivity index (χ4v) is 2.05. The fourth-order valence-electron chi connectivity index (χ4n) is 2.05. The van der Waals surface area contributed by atoms with Crippen LogP contribution in [0.25, 0.3) is 0 Å². The molecule has 8 heteroatoms. The molecule has 0 saturated carbocycles. The Morgan fingerprint density at radius 3 is 2.40 bits per heavy atom. The standard InChI is InChI=1S/C17H11F4N3O/c18-13-15(14(19)17(21)24-16(13)20)23-11-4-1-5-12(7-11)25-9-10-3-2-6-22-8-10/h1-8H,9H2,(H,23,24). The predicted octanol–water partition coefficient (Wildman–Crippen LogP) is 4.36. The van der Waals surface area contributed by atoms with E-state index in [1.165, 1.54) is 12.1 Å². The van der Waals surface area contributed by atoms with Gasteiger partial charge in [-0.2, -0.15) is 22.5 Å². The van der Waals surface area contributed by atoms with Crippen LogP contribution in [0.2, 0.25) is 0 Å². The van der Waals surface area contributed by atoms with E-state index < -0.39 is 29.2 Å². The number of anilines is 2. The van der Waals surface area contributed by atoms with Crippen LogP contribution in [0.15, 0.2) is 48.8 Å². The van der Waals surface area contributed by atoms with Crippen molar-refractivity contribution < 1.29 is 22.3 Å². The summed E-state index contributed by atoms with van der Waals surface area (Å²) in [5, 5.41) is 2.30. The third kappa shape index (κ3) is 3.85. The summed E-state index contributed by atoms with van der Waals surface area (Å²) in [6.45, 7) is 0.235. The van der Waals surface area contributed by atoms with Crippen LogP contribution < -0.4 is 10.1 Å². The predicted molar refractivity (Wildman–Crippen MR) is 82.4 cm³/mol. The highest BCUT2D eigenvalue weighted by atomic mass is 19.2. The van der Waals surface area contributed by atoms with E-state index in [1.54, 1.807) is 30.6 Å². The molecule has 0 atom stereocenters. The molecule has 1 aromatic carbocycles. The second-order valence-electron chi connectivity index (χ2n) is 5.00. The third-order valence-electron chi connectivity index (χ3n) is 3.23. The molecular weight excluding hydrogens is 338 g/mol. The van der Waals surface area contributed by atoms with Gasteiger partial charge in [-0.05, 0) is 18.2 Å². The summed E-state index contributed by atoms with van der Waals surface area (Å²) in [6, 6.07) is 9.67. The molecule has 0 amide bonds. The lowest BCUT2D eigenvalue weighted by Gasteiger charge is -2.11. The molecule has 3 aromatic rings. The average Bonchev–Trinajstić information content (AvgIpc) is 2.63. The lowest BCUT2D eigenvalue weighted by Crippen LogP contribution is -2.06. The van der Waals surface area contributed by atoms with Gasteiger partial charge in [-0.1, -0.05) is 12.1 Å². The van der Waals surface area contributed by atoms with Crippen LogP contribution in [0, 0.1) is 23.5 Å². The van der Waals surface area contributed by atoms with Crippen LogP contribution in [-0.2, 0) is 6.61 Å². The number of nitrogens with one attached hydrogen (secondary N) is 1. The second kappa shape index (κ2) is 7.16. The number of aromatic nitrogens is 2. The van der Waals surface area contributed by atoms with Gasteiger partial charge in [-0.25, -0.2) is 0 Å². The Morgan fingerprint density at radius 2 is 1.72 bits per heavy atom. The maximum Gasteiger partial charge on any atom is 0.253 e. The van der Waals surface area contributed by atoms with E-state index in [9.17, 15) is 17.6 Å². The van der Waals surface area contributed by atoms with Gasteiger partial charge in [0.2, 0.25) is 11.6 Å². The molecule has 1 N–H and O–H groups in total. The van der Waals surface area contributed by atoms with Gasteiger partial charge >= 0.3 is 0 Å². The Labute approximate surface area is 140 Å². The highest BCUT2D eigenvalue weighted by Crippen LogP contribution is 2.27. The SMILES string of the molecule is Fc1nc(F)c(F)c(Nc2cccc(OCc3cccnc3)c2)c1F. The molecule has 3 rings (SSSR count). The van der Waals surface area contributed by atoms with Gasteiger partial charge in [-0.15, -0.1) is 0 Å². The molecule has 0 aliphatic carbocycles. The summed E-state index contributed by atoms with van der Waals surface area (Å²) < 4.78 is 59.2. The van der Waals surface area contributed by atoms with Crippen molar-refractivity contribution in [2.45, 2.75) is 6.61 Å². The topological polar surface area (TPSA) is 47.0 Å². The van der Waals surface area contributed by atoms with Crippen LogP contribution in [-0.4, -0.2) is 9.97 Å². The van der Waals surface area contributed by atoms with E-state index in [0.717, 1.165) is 5.56 Å². The zero-order chi connectivity index (χ0) is 17.8. The van der Waals surface area contributed by atoms with Crippen LogP contribution >= 0.6 is 0 Å². The lowest BCUT2D eigenvalue weighted by molar-refractivity contribution is 0.306. The van der Waals surface area contributed by atoms with Crippen molar-refractivity contribution in [3.8, 4) is 5.75 Å². The smallest absolute Gasteiger partial charge is 0.253 e. The quantitative estimate of drug-likeness (QED) is 0.549. The molecule has 128 valence electrons. The summed E-state index contributed by atoms with van der Waals surface area (Å²) in [5.41, 5.74) is 0.0529. The minimum Gasteiger partial charge on any atom is -0.489 e. The number of ether oxygens (including phenoxy) is 1. The minimum atomic E-state index is -1.73. The van der Waals surface area contributed by atoms with Crippen molar-refractivity contribution in [1.82, 2.24) is 9.97 Å². The zero-order valence-electron chi connectivity index (χ0n) is 12.6. The molecule has 0 aliphatic rings. The number of hydrogen-bond donors (Lipinski definition) is 1. The summed E-state index contributed by atoms with van der Waals surface area (Å²) in [5.74, 6) is -6.29. The van der Waals surface area contributed by atoms with Gasteiger partial charge in [0.1, 0.15) is 18.0 Å². The first kappa shape index (κ1) is 16.7. The Balaban J connectivity index is 1.79. The molecule has 0 aliphatic heterocycles. The fraction of sp³-hybridized carbons (Fsp3) is 0.0588. The first-order chi connectivity index (χ1) is 12.0. The summed E-state index contributed by atoms with van der Waals surface area (Å²) in [6.07, 6.45) is 3.26. The van der Waals surface area contributed by atoms with Gasteiger partial charge in [0.15, 0.2) is 0 Å². The lowest BCUT2D eigenvalue weighted by atomic mass is 10.2. The van der Waals surface area contributed by atoms with Crippen molar-refractivity contribution >= 4 is 11.4 Å². The van der Waals surface area contributed by atoms with Crippen molar-refractivity contribution in [3.63, 3.8) is 0 Å². The van der Waals surface area contributed by atoms with Crippen molar-refractivity contribution in [2.24, 2.45) is 0 Å². The molecule has 0 fully saturated rings. The number of rotatable bonds is 5. The van der Waals surface area contributed by atoms with Gasteiger partial charge < -0.3 is 10.1 Å². The molecule has 2 heterocycles. The van der Waals surface area contributed by atoms with E-state index in [1.807, 2.05) is 6.07 Å². The highest BCUT2D eigenvalue weighted by Gasteiger charge is 2.20. The number of benzene rings is 1. The molecule has 25 heavy (non-hydrogen) atoms. The van der Waals surface area contributed by atoms with E-state index in [0.29, 0.717) is 5.75 Å². The maximum absolute atomic E-state index is 13.7. The summed E-state index contributed by atoms with van der Waals surface area (Å²) in [4.78, 5) is 6.46. The minimum absolute atomic E-state index is 0.187. The summed E-state index contributed by atoms with van der Waals surface area (Å²) >= 11 is 0. The normalized spacial score (nSPS) is 10.6. The Morgan fingerprint density at radius 1 is 0.960 bits per heavy atom. The molecular formula is C17H11F4N3O. The van der Waals surface area contributed by atoms with Crippen LogP contribution in [0.5, 0.6) is 5.75 Å². The van der Waals surface area contributed by atoms with Crippen molar-refractivity contribution in [1.29, 1.82) is 0 Å². The Kier molecular flexibility index (Phi) is 4.78. The Bertz CT molecular complexity index is 864. The van der Waals surface area contributed by atoms with Gasteiger partial charge in [0, 0.05) is 29.7 Å². The van der Waals surface area contributed by atoms with Crippen LogP contribution in [0.4, 0.5) is 28.9 Å². The molecule has 0 spiro atoms. The van der Waals surface area contributed by atoms with Crippen molar-refractivity contribution in [3.05, 3.63) is 77.9 Å². The van der Waals surface area contributed by atoms with E-state index in [-0.39, 0.29) is 12.3 Å². The van der Waals surface area contributed by atoms with Crippen LogP contribution in [0.1, 0.15) is 5.56 Å². The number of hydrogen-bond acceptors (Lipinski definition) is 4. The first-order valence-electron chi connectivity index (χ1n) is 7.13. The number of halogens is 4. The number of nitrogens with zero attached hydrogens (tertiary/aromatic N) is 2. The largest absolute Gasteiger partial charge is 0.489 e.